The van der Waals surface area contributed by atoms with Gasteiger partial charge < -0.3 is 10.6 Å². The van der Waals surface area contributed by atoms with Crippen molar-refractivity contribution in [3.63, 3.8) is 0 Å². The minimum atomic E-state index is 0. The molecule has 0 atom stereocenters. The van der Waals surface area contributed by atoms with E-state index >= 15 is 0 Å². The number of hydrogen-bond donors (Lipinski definition) is 2. The maximum atomic E-state index is 6.03. The summed E-state index contributed by atoms with van der Waals surface area (Å²) in [4.78, 5) is 4.18. The molecule has 21 heavy (non-hydrogen) atoms. The molecule has 0 aliphatic rings. The lowest BCUT2D eigenvalue weighted by Crippen LogP contribution is -2.42. The van der Waals surface area contributed by atoms with Gasteiger partial charge in [0, 0.05) is 25.2 Å². The maximum absolute atomic E-state index is 6.03. The smallest absolute Gasteiger partial charge is 0.191 e. The van der Waals surface area contributed by atoms with Gasteiger partial charge in [0.25, 0.3) is 0 Å². The second kappa shape index (κ2) is 10.1. The van der Waals surface area contributed by atoms with Crippen molar-refractivity contribution < 1.29 is 0 Å². The van der Waals surface area contributed by atoms with Crippen LogP contribution in [-0.4, -0.2) is 26.1 Å². The molecule has 5 heteroatoms. The van der Waals surface area contributed by atoms with E-state index in [9.17, 15) is 0 Å². The summed E-state index contributed by atoms with van der Waals surface area (Å²) in [5, 5.41) is 7.29. The third kappa shape index (κ3) is 8.31. The highest BCUT2D eigenvalue weighted by Gasteiger charge is 2.19. The van der Waals surface area contributed by atoms with Crippen LogP contribution in [0.15, 0.2) is 41.9 Å². The van der Waals surface area contributed by atoms with Crippen molar-refractivity contribution in [2.24, 2.45) is 10.4 Å². The van der Waals surface area contributed by atoms with Gasteiger partial charge in [-0.1, -0.05) is 43.7 Å². The van der Waals surface area contributed by atoms with Gasteiger partial charge in [0.1, 0.15) is 0 Å². The second-order valence-electron chi connectivity index (χ2n) is 5.57. The zero-order valence-corrected chi connectivity index (χ0v) is 16.0. The first kappa shape index (κ1) is 20.2. The average Bonchev–Trinajstić information content (AvgIpc) is 2.38. The van der Waals surface area contributed by atoms with Crippen molar-refractivity contribution in [2.45, 2.75) is 20.3 Å². The van der Waals surface area contributed by atoms with E-state index in [1.807, 2.05) is 24.3 Å². The van der Waals surface area contributed by atoms with E-state index in [1.165, 1.54) is 5.56 Å². The predicted octanol–water partition coefficient (Wildman–Crippen LogP) is 3.88. The lowest BCUT2D eigenvalue weighted by molar-refractivity contribution is 0.359. The standard InChI is InChI=1S/C16H24ClN3.HI/c1-5-9-19-15(18-4)20-12-16(2,3)11-13-7-6-8-14(17)10-13;/h5-8,10H,1,9,11-12H2,2-4H3,(H2,18,19,20);1H. The first-order valence-electron chi connectivity index (χ1n) is 6.77. The Kier molecular flexibility index (Phi) is 9.70. The Morgan fingerprint density at radius 1 is 1.38 bits per heavy atom. The van der Waals surface area contributed by atoms with Crippen molar-refractivity contribution in [3.8, 4) is 0 Å². The van der Waals surface area contributed by atoms with E-state index in [4.69, 9.17) is 11.6 Å². The van der Waals surface area contributed by atoms with Crippen molar-refractivity contribution in [3.05, 3.63) is 47.5 Å². The second-order valence-corrected chi connectivity index (χ2v) is 6.00. The van der Waals surface area contributed by atoms with Crippen molar-refractivity contribution in [1.82, 2.24) is 10.6 Å². The Labute approximate surface area is 150 Å². The Morgan fingerprint density at radius 2 is 2.10 bits per heavy atom. The lowest BCUT2D eigenvalue weighted by atomic mass is 9.86. The molecule has 0 amide bonds. The molecule has 0 spiro atoms. The quantitative estimate of drug-likeness (QED) is 0.316. The Morgan fingerprint density at radius 3 is 2.67 bits per heavy atom. The zero-order valence-electron chi connectivity index (χ0n) is 12.9. The molecule has 0 saturated heterocycles. The number of guanidine groups is 1. The number of nitrogens with zero attached hydrogens (tertiary/aromatic N) is 1. The van der Waals surface area contributed by atoms with Crippen molar-refractivity contribution in [2.75, 3.05) is 20.1 Å². The van der Waals surface area contributed by atoms with E-state index in [1.54, 1.807) is 7.05 Å². The minimum absolute atomic E-state index is 0. The van der Waals surface area contributed by atoms with Crippen LogP contribution in [0.1, 0.15) is 19.4 Å². The fraction of sp³-hybridized carbons (Fsp3) is 0.438. The monoisotopic (exact) mass is 421 g/mol. The van der Waals surface area contributed by atoms with Crippen LogP contribution in [0.4, 0.5) is 0 Å². The molecular formula is C16H25ClIN3. The molecule has 1 aromatic rings. The molecule has 0 bridgehead atoms. The summed E-state index contributed by atoms with van der Waals surface area (Å²) in [7, 11) is 1.77. The fourth-order valence-electron chi connectivity index (χ4n) is 1.97. The van der Waals surface area contributed by atoms with Crippen LogP contribution in [0, 0.1) is 5.41 Å². The van der Waals surface area contributed by atoms with Crippen LogP contribution in [0.5, 0.6) is 0 Å². The summed E-state index contributed by atoms with van der Waals surface area (Å²) in [6.07, 6.45) is 2.77. The molecule has 1 rings (SSSR count). The molecule has 0 aliphatic heterocycles. The highest BCUT2D eigenvalue weighted by atomic mass is 127. The van der Waals surface area contributed by atoms with Gasteiger partial charge in [0.15, 0.2) is 5.96 Å². The Hall–Kier alpha value is -0.750. The van der Waals surface area contributed by atoms with Gasteiger partial charge in [0.05, 0.1) is 0 Å². The van der Waals surface area contributed by atoms with Crippen LogP contribution >= 0.6 is 35.6 Å². The molecule has 0 saturated carbocycles. The number of hydrogen-bond acceptors (Lipinski definition) is 1. The summed E-state index contributed by atoms with van der Waals surface area (Å²) in [5.41, 5.74) is 1.36. The molecule has 0 aromatic heterocycles. The van der Waals surface area contributed by atoms with Crippen LogP contribution in [0.3, 0.4) is 0 Å². The number of nitrogens with one attached hydrogen (secondary N) is 2. The van der Waals surface area contributed by atoms with Crippen LogP contribution in [0.25, 0.3) is 0 Å². The molecule has 0 aliphatic carbocycles. The molecule has 0 radical (unpaired) electrons. The topological polar surface area (TPSA) is 36.4 Å². The highest BCUT2D eigenvalue weighted by molar-refractivity contribution is 14.0. The number of benzene rings is 1. The summed E-state index contributed by atoms with van der Waals surface area (Å²) >= 11 is 6.03. The summed E-state index contributed by atoms with van der Waals surface area (Å²) in [6.45, 7) is 9.66. The zero-order chi connectivity index (χ0) is 15.0. The molecule has 0 fully saturated rings. The normalized spacial score (nSPS) is 11.5. The van der Waals surface area contributed by atoms with Crippen LogP contribution in [0.2, 0.25) is 5.02 Å². The molecule has 2 N–H and O–H groups in total. The van der Waals surface area contributed by atoms with E-state index in [2.05, 4.69) is 42.1 Å². The summed E-state index contributed by atoms with van der Waals surface area (Å²) in [6, 6.07) is 8.02. The van der Waals surface area contributed by atoms with Gasteiger partial charge >= 0.3 is 0 Å². The minimum Gasteiger partial charge on any atom is -0.356 e. The summed E-state index contributed by atoms with van der Waals surface area (Å²) < 4.78 is 0. The van der Waals surface area contributed by atoms with E-state index in [-0.39, 0.29) is 29.4 Å². The van der Waals surface area contributed by atoms with Crippen molar-refractivity contribution in [1.29, 1.82) is 0 Å². The van der Waals surface area contributed by atoms with Gasteiger partial charge in [0.2, 0.25) is 0 Å². The SMILES string of the molecule is C=CCNC(=NC)NCC(C)(C)Cc1cccc(Cl)c1.I. The maximum Gasteiger partial charge on any atom is 0.191 e. The first-order chi connectivity index (χ1) is 9.46. The highest BCUT2D eigenvalue weighted by Crippen LogP contribution is 2.22. The molecule has 0 heterocycles. The number of halogens is 2. The van der Waals surface area contributed by atoms with Gasteiger partial charge in [-0.15, -0.1) is 30.6 Å². The molecule has 118 valence electrons. The molecule has 0 unspecified atom stereocenters. The van der Waals surface area contributed by atoms with Gasteiger partial charge in [-0.3, -0.25) is 4.99 Å². The molecule has 1 aromatic carbocycles. The Balaban J connectivity index is 0.00000400. The number of rotatable bonds is 6. The average molecular weight is 422 g/mol. The molecule has 3 nitrogen and oxygen atoms in total. The van der Waals surface area contributed by atoms with Gasteiger partial charge in [-0.05, 0) is 29.5 Å². The third-order valence-corrected chi connectivity index (χ3v) is 3.18. The van der Waals surface area contributed by atoms with Crippen molar-refractivity contribution >= 4 is 41.5 Å². The van der Waals surface area contributed by atoms with E-state index in [0.717, 1.165) is 23.9 Å². The largest absolute Gasteiger partial charge is 0.356 e. The Bertz CT molecular complexity index is 472. The third-order valence-electron chi connectivity index (χ3n) is 2.94. The fourth-order valence-corrected chi connectivity index (χ4v) is 2.19. The lowest BCUT2D eigenvalue weighted by Gasteiger charge is -2.26. The van der Waals surface area contributed by atoms with Crippen LogP contribution in [-0.2, 0) is 6.42 Å². The number of aliphatic imine (C=N–C) groups is 1. The van der Waals surface area contributed by atoms with E-state index in [0.29, 0.717) is 6.54 Å². The first-order valence-corrected chi connectivity index (χ1v) is 7.14. The van der Waals surface area contributed by atoms with Gasteiger partial charge in [-0.25, -0.2) is 0 Å². The summed E-state index contributed by atoms with van der Waals surface area (Å²) in [5.74, 6) is 0.795. The van der Waals surface area contributed by atoms with Gasteiger partial charge in [-0.2, -0.15) is 0 Å². The predicted molar refractivity (Wildman–Crippen MR) is 104 cm³/mol. The molecular weight excluding hydrogens is 397 g/mol. The van der Waals surface area contributed by atoms with E-state index < -0.39 is 0 Å². The van der Waals surface area contributed by atoms with Crippen LogP contribution < -0.4 is 10.6 Å².